The van der Waals surface area contributed by atoms with Crippen LogP contribution in [0.3, 0.4) is 0 Å². The lowest BCUT2D eigenvalue weighted by Crippen LogP contribution is -2.66. The Bertz CT molecular complexity index is 1040. The second-order valence-corrected chi connectivity index (χ2v) is 17.8. The molecule has 0 amide bonds. The zero-order valence-corrected chi connectivity index (χ0v) is 28.2. The molecule has 6 aliphatic rings. The second kappa shape index (κ2) is 11.2. The lowest BCUT2D eigenvalue weighted by Gasteiger charge is -2.73. The van der Waals surface area contributed by atoms with Gasteiger partial charge in [-0.1, -0.05) is 72.0 Å². The Labute approximate surface area is 258 Å². The van der Waals surface area contributed by atoms with E-state index in [-0.39, 0.29) is 22.9 Å². The summed E-state index contributed by atoms with van der Waals surface area (Å²) in [5.41, 5.74) is 2.81. The van der Waals surface area contributed by atoms with Crippen LogP contribution in [0, 0.1) is 56.7 Å². The van der Waals surface area contributed by atoms with Crippen molar-refractivity contribution in [3.8, 4) is 0 Å². The van der Waals surface area contributed by atoms with Crippen LogP contribution in [0.4, 0.5) is 0 Å². The summed E-state index contributed by atoms with van der Waals surface area (Å²) in [6, 6.07) is 0. The normalized spacial score (nSPS) is 51.1. The molecule has 0 saturated heterocycles. The first-order valence-electron chi connectivity index (χ1n) is 18.4. The smallest absolute Gasteiger partial charge is 0.305 e. The molecule has 42 heavy (non-hydrogen) atoms. The molecule has 1 N–H and O–H groups in total. The van der Waals surface area contributed by atoms with Crippen molar-refractivity contribution in [1.82, 2.24) is 0 Å². The third kappa shape index (κ3) is 4.70. The number of fused-ring (bicyclic) bond motifs is 5. The highest BCUT2D eigenvalue weighted by Crippen LogP contribution is 2.77. The summed E-state index contributed by atoms with van der Waals surface area (Å²) in [7, 11) is 0. The molecule has 1 heterocycles. The van der Waals surface area contributed by atoms with Gasteiger partial charge in [0.2, 0.25) is 0 Å². The Morgan fingerprint density at radius 3 is 2.29 bits per heavy atom. The van der Waals surface area contributed by atoms with E-state index in [1.807, 2.05) is 0 Å². The first kappa shape index (κ1) is 31.2. The first-order chi connectivity index (χ1) is 19.9. The van der Waals surface area contributed by atoms with Crippen LogP contribution in [0.2, 0.25) is 0 Å². The molecule has 0 spiro atoms. The van der Waals surface area contributed by atoms with Crippen LogP contribution < -0.4 is 0 Å². The van der Waals surface area contributed by atoms with Crippen LogP contribution in [0.25, 0.3) is 0 Å². The summed E-state index contributed by atoms with van der Waals surface area (Å²) in [5, 5.41) is 11.1. The van der Waals surface area contributed by atoms with E-state index in [2.05, 4.69) is 47.6 Å². The van der Waals surface area contributed by atoms with Gasteiger partial charge in [0.1, 0.15) is 0 Å². The average molecular weight is 581 g/mol. The number of aliphatic hydroxyl groups excluding tert-OH is 1. The summed E-state index contributed by atoms with van der Waals surface area (Å²) in [6.07, 6.45) is 24.1. The molecular weight excluding hydrogens is 516 g/mol. The van der Waals surface area contributed by atoms with Gasteiger partial charge in [-0.25, -0.2) is 0 Å². The molecule has 1 aliphatic heterocycles. The first-order valence-corrected chi connectivity index (χ1v) is 18.4. The van der Waals surface area contributed by atoms with Crippen LogP contribution >= 0.6 is 0 Å². The summed E-state index contributed by atoms with van der Waals surface area (Å²) in [6.45, 7) is 16.0. The van der Waals surface area contributed by atoms with E-state index in [9.17, 15) is 9.90 Å². The van der Waals surface area contributed by atoms with E-state index >= 15 is 0 Å². The minimum Gasteiger partial charge on any atom is -0.465 e. The number of hydrogen-bond donors (Lipinski definition) is 1. The molecule has 2 bridgehead atoms. The number of allylic oxidation sites excluding steroid dienone is 2. The third-order valence-corrected chi connectivity index (χ3v) is 16.0. The van der Waals surface area contributed by atoms with E-state index in [0.29, 0.717) is 52.9 Å². The molecular formula is C39H64O3. The van der Waals surface area contributed by atoms with Crippen molar-refractivity contribution in [2.75, 3.05) is 6.61 Å². The SMILES string of the molecule is C/C1=C/CCCCCCCCC(=O)OC[C@]23CC[C@@H]1[C@@H]2[C@H]1CC[C@@H]2[C@@]4(C)CC[C@H](O)C(C)(C)[C@@H]4CC[C@@]2(C)[C@]1(C)CC3. The van der Waals surface area contributed by atoms with Crippen molar-refractivity contribution in [2.24, 2.45) is 56.7 Å². The highest BCUT2D eigenvalue weighted by atomic mass is 16.5. The fourth-order valence-electron chi connectivity index (χ4n) is 13.4. The Balaban J connectivity index is 1.34. The molecule has 5 fully saturated rings. The van der Waals surface area contributed by atoms with Gasteiger partial charge in [-0.2, -0.15) is 0 Å². The number of rotatable bonds is 0. The zero-order valence-electron chi connectivity index (χ0n) is 28.2. The van der Waals surface area contributed by atoms with Gasteiger partial charge in [0.25, 0.3) is 0 Å². The molecule has 0 aromatic heterocycles. The minimum atomic E-state index is -0.159. The van der Waals surface area contributed by atoms with Crippen molar-refractivity contribution in [3.63, 3.8) is 0 Å². The lowest BCUT2D eigenvalue weighted by molar-refractivity contribution is -0.250. The van der Waals surface area contributed by atoms with Crippen molar-refractivity contribution in [2.45, 2.75) is 163 Å². The average Bonchev–Trinajstić information content (AvgIpc) is 3.33. The standard InChI is InChI=1S/C39H64O3/c1-27-14-12-10-8-7-9-11-13-15-33(41)42-26-39-23-18-28(27)34(39)29-16-17-31-36(4)21-20-32(40)35(2,3)30(36)19-22-38(31,6)37(29,5)24-25-39/h14,28-32,34,40H,7-13,15-26H2,1-6H3/b27-14-/t28-,29+,30-,31+,32-,34+,36-,37+,38+,39+/m0/s1. The van der Waals surface area contributed by atoms with Crippen LogP contribution in [-0.4, -0.2) is 23.8 Å². The van der Waals surface area contributed by atoms with Gasteiger partial charge in [-0.05, 0) is 142 Å². The molecule has 5 aliphatic carbocycles. The number of ether oxygens (including phenoxy) is 1. The zero-order chi connectivity index (χ0) is 30.0. The van der Waals surface area contributed by atoms with Crippen LogP contribution in [0.15, 0.2) is 11.6 Å². The fourth-order valence-corrected chi connectivity index (χ4v) is 13.4. The molecule has 0 unspecified atom stereocenters. The van der Waals surface area contributed by atoms with Crippen molar-refractivity contribution < 1.29 is 14.6 Å². The Kier molecular flexibility index (Phi) is 8.31. The van der Waals surface area contributed by atoms with Gasteiger partial charge in [0.05, 0.1) is 12.7 Å². The lowest BCUT2D eigenvalue weighted by atomic mass is 9.32. The summed E-state index contributed by atoms with van der Waals surface area (Å²) in [5.74, 6) is 3.42. The molecule has 6 rings (SSSR count). The topological polar surface area (TPSA) is 46.5 Å². The monoisotopic (exact) mass is 580 g/mol. The Morgan fingerprint density at radius 1 is 0.762 bits per heavy atom. The van der Waals surface area contributed by atoms with E-state index in [0.717, 1.165) is 25.2 Å². The van der Waals surface area contributed by atoms with Gasteiger partial charge in [0, 0.05) is 11.8 Å². The predicted molar refractivity (Wildman–Crippen MR) is 172 cm³/mol. The maximum atomic E-state index is 13.0. The minimum absolute atomic E-state index is 0.0105. The molecule has 238 valence electrons. The van der Waals surface area contributed by atoms with Crippen LogP contribution in [0.5, 0.6) is 0 Å². The third-order valence-electron chi connectivity index (χ3n) is 16.0. The molecule has 0 aromatic carbocycles. The highest BCUT2D eigenvalue weighted by Gasteiger charge is 2.71. The van der Waals surface area contributed by atoms with Gasteiger partial charge in [-0.15, -0.1) is 0 Å². The largest absolute Gasteiger partial charge is 0.465 e. The van der Waals surface area contributed by atoms with E-state index in [4.69, 9.17) is 4.74 Å². The number of carbonyl (C=O) groups is 1. The molecule has 3 heteroatoms. The summed E-state index contributed by atoms with van der Waals surface area (Å²) < 4.78 is 6.25. The van der Waals surface area contributed by atoms with Gasteiger partial charge in [0.15, 0.2) is 0 Å². The number of cyclic esters (lactones) is 1. The Morgan fingerprint density at radius 2 is 1.50 bits per heavy atom. The molecule has 10 atom stereocenters. The van der Waals surface area contributed by atoms with Gasteiger partial charge in [-0.3, -0.25) is 4.79 Å². The van der Waals surface area contributed by atoms with Gasteiger partial charge >= 0.3 is 5.97 Å². The quantitative estimate of drug-likeness (QED) is 0.229. The van der Waals surface area contributed by atoms with Crippen LogP contribution in [0.1, 0.15) is 157 Å². The fraction of sp³-hybridized carbons (Fsp3) is 0.923. The van der Waals surface area contributed by atoms with Crippen molar-refractivity contribution >= 4 is 5.97 Å². The Hall–Kier alpha value is -0.830. The van der Waals surface area contributed by atoms with E-state index in [1.54, 1.807) is 5.57 Å². The second-order valence-electron chi connectivity index (χ2n) is 17.8. The van der Waals surface area contributed by atoms with Gasteiger partial charge < -0.3 is 9.84 Å². The predicted octanol–water partition coefficient (Wildman–Crippen LogP) is 10.1. The number of esters is 1. The molecule has 0 aromatic rings. The number of carbonyl (C=O) groups excluding carboxylic acids is 1. The molecule has 5 saturated carbocycles. The van der Waals surface area contributed by atoms with Crippen LogP contribution in [-0.2, 0) is 9.53 Å². The number of hydrogen-bond acceptors (Lipinski definition) is 3. The van der Waals surface area contributed by atoms with E-state index in [1.165, 1.54) is 89.9 Å². The molecule has 0 radical (unpaired) electrons. The highest BCUT2D eigenvalue weighted by molar-refractivity contribution is 5.69. The van der Waals surface area contributed by atoms with Crippen molar-refractivity contribution in [3.05, 3.63) is 11.6 Å². The summed E-state index contributed by atoms with van der Waals surface area (Å²) >= 11 is 0. The maximum absolute atomic E-state index is 13.0. The summed E-state index contributed by atoms with van der Waals surface area (Å²) in [4.78, 5) is 13.0. The van der Waals surface area contributed by atoms with Crippen molar-refractivity contribution in [1.29, 1.82) is 0 Å². The molecule has 3 nitrogen and oxygen atoms in total. The van der Waals surface area contributed by atoms with E-state index < -0.39 is 0 Å². The maximum Gasteiger partial charge on any atom is 0.305 e. The number of aliphatic hydroxyl groups is 1.